The Bertz CT molecular complexity index is 1330. The van der Waals surface area contributed by atoms with Gasteiger partial charge in [0.1, 0.15) is 36.5 Å². The molecular weight excluding hydrogens is 498 g/mol. The van der Waals surface area contributed by atoms with E-state index >= 15 is 8.78 Å². The van der Waals surface area contributed by atoms with E-state index in [9.17, 15) is 13.9 Å². The van der Waals surface area contributed by atoms with Crippen molar-refractivity contribution < 1.29 is 32.2 Å². The minimum Gasteiger partial charge on any atom is -0.441 e. The van der Waals surface area contributed by atoms with Gasteiger partial charge in [-0.15, -0.1) is 5.10 Å². The molecule has 4 rings (SSSR count). The van der Waals surface area contributed by atoms with Crippen LogP contribution in [0.5, 0.6) is 5.75 Å². The Morgan fingerprint density at radius 3 is 2.68 bits per heavy atom. The third kappa shape index (κ3) is 5.33. The number of hydrogen-bond donors (Lipinski definition) is 1. The quantitative estimate of drug-likeness (QED) is 0.275. The van der Waals surface area contributed by atoms with Crippen molar-refractivity contribution in [3.8, 4) is 5.75 Å². The number of tetrazole rings is 1. The number of aliphatic imine (C=N–C) groups is 1. The highest BCUT2D eigenvalue weighted by molar-refractivity contribution is 5.86. The standard InChI is InChI=1S/C23H21F4N7O3/c1-14-7-21(29-9-15(14)10-31-36-2)37-17-4-6-20(28-11-17)23(26,27)22(35,12-34-13-30-32-33-34)18-5-3-16(24)8-19(18)25/h3-6,8-11,13-14,35H,7,12H2,1-2H3/b31-10+. The predicted octanol–water partition coefficient (Wildman–Crippen LogP) is 3.36. The van der Waals surface area contributed by atoms with Gasteiger partial charge in [-0.05, 0) is 46.2 Å². The summed E-state index contributed by atoms with van der Waals surface area (Å²) < 4.78 is 66.1. The monoisotopic (exact) mass is 519 g/mol. The van der Waals surface area contributed by atoms with Crippen LogP contribution < -0.4 is 4.74 Å². The zero-order valence-electron chi connectivity index (χ0n) is 19.6. The topological polar surface area (TPSA) is 120 Å². The van der Waals surface area contributed by atoms with Crippen molar-refractivity contribution in [1.29, 1.82) is 0 Å². The average Bonchev–Trinajstić information content (AvgIpc) is 3.36. The molecule has 14 heteroatoms. The van der Waals surface area contributed by atoms with Crippen LogP contribution in [0.15, 0.2) is 64.8 Å². The van der Waals surface area contributed by atoms with Gasteiger partial charge in [-0.3, -0.25) is 4.98 Å². The van der Waals surface area contributed by atoms with Gasteiger partial charge in [0.05, 0.1) is 19.0 Å². The Hall–Kier alpha value is -4.20. The SMILES string of the molecule is CO/N=C/C1=CN=C(Oc2ccc(C(F)(F)C(O)(Cn3cnnn3)c3ccc(F)cc3F)nc2)CC1C. The first-order chi connectivity index (χ1) is 17.6. The fourth-order valence-electron chi connectivity index (χ4n) is 3.69. The molecule has 2 atom stereocenters. The summed E-state index contributed by atoms with van der Waals surface area (Å²) >= 11 is 0. The van der Waals surface area contributed by atoms with E-state index in [-0.39, 0.29) is 11.7 Å². The summed E-state index contributed by atoms with van der Waals surface area (Å²) in [6.45, 7) is 0.971. The van der Waals surface area contributed by atoms with Crippen LogP contribution in [0.1, 0.15) is 24.6 Å². The first-order valence-corrected chi connectivity index (χ1v) is 10.9. The van der Waals surface area contributed by atoms with Crippen molar-refractivity contribution >= 4 is 12.1 Å². The molecular formula is C23H21F4N7O3. The molecule has 3 aromatic rings. The van der Waals surface area contributed by atoms with Crippen molar-refractivity contribution in [2.45, 2.75) is 31.4 Å². The number of nitrogens with zero attached hydrogens (tertiary/aromatic N) is 7. The third-order valence-corrected chi connectivity index (χ3v) is 5.69. The van der Waals surface area contributed by atoms with Crippen LogP contribution in [0.2, 0.25) is 0 Å². The molecule has 0 aliphatic carbocycles. The summed E-state index contributed by atoms with van der Waals surface area (Å²) in [6.07, 6.45) is 5.50. The number of aromatic nitrogens is 5. The van der Waals surface area contributed by atoms with Gasteiger partial charge in [-0.1, -0.05) is 12.1 Å². The number of allylic oxidation sites excluding steroid dienone is 1. The number of hydrogen-bond acceptors (Lipinski definition) is 9. The zero-order valence-corrected chi connectivity index (χ0v) is 19.6. The van der Waals surface area contributed by atoms with Crippen LogP contribution in [0.25, 0.3) is 0 Å². The normalized spacial score (nSPS) is 17.8. The van der Waals surface area contributed by atoms with Crippen molar-refractivity contribution in [2.75, 3.05) is 7.11 Å². The van der Waals surface area contributed by atoms with Gasteiger partial charge < -0.3 is 14.7 Å². The van der Waals surface area contributed by atoms with Crippen LogP contribution in [-0.2, 0) is 22.9 Å². The number of alkyl halides is 2. The molecule has 10 nitrogen and oxygen atoms in total. The van der Waals surface area contributed by atoms with Crippen LogP contribution in [0, 0.1) is 17.6 Å². The second kappa shape index (κ2) is 10.4. The summed E-state index contributed by atoms with van der Waals surface area (Å²) in [6, 6.07) is 4.04. The van der Waals surface area contributed by atoms with E-state index in [0.717, 1.165) is 41.0 Å². The lowest BCUT2D eigenvalue weighted by Crippen LogP contribution is -2.48. The lowest BCUT2D eigenvalue weighted by atomic mass is 9.84. The Balaban J connectivity index is 1.62. The molecule has 0 spiro atoms. The number of pyridine rings is 1. The molecule has 0 fully saturated rings. The molecule has 0 bridgehead atoms. The Kier molecular flexibility index (Phi) is 7.29. The predicted molar refractivity (Wildman–Crippen MR) is 122 cm³/mol. The molecule has 0 saturated carbocycles. The van der Waals surface area contributed by atoms with Crippen molar-refractivity contribution in [2.24, 2.45) is 16.1 Å². The number of halogens is 4. The molecule has 1 aliphatic heterocycles. The first-order valence-electron chi connectivity index (χ1n) is 10.9. The Morgan fingerprint density at radius 1 is 1.24 bits per heavy atom. The maximum absolute atomic E-state index is 15.8. The summed E-state index contributed by atoms with van der Waals surface area (Å²) in [5.41, 5.74) is -4.17. The Labute approximate surface area is 207 Å². The van der Waals surface area contributed by atoms with E-state index in [0.29, 0.717) is 18.4 Å². The molecule has 0 radical (unpaired) electrons. The molecule has 194 valence electrons. The highest BCUT2D eigenvalue weighted by Gasteiger charge is 2.58. The molecule has 37 heavy (non-hydrogen) atoms. The first kappa shape index (κ1) is 25.9. The molecule has 1 aromatic carbocycles. The maximum atomic E-state index is 15.8. The zero-order chi connectivity index (χ0) is 26.6. The summed E-state index contributed by atoms with van der Waals surface area (Å²) in [5.74, 6) is -6.10. The van der Waals surface area contributed by atoms with Gasteiger partial charge in [0.15, 0.2) is 11.5 Å². The van der Waals surface area contributed by atoms with Gasteiger partial charge in [0.2, 0.25) is 0 Å². The minimum absolute atomic E-state index is 0.00912. The van der Waals surface area contributed by atoms with E-state index in [1.165, 1.54) is 19.4 Å². The number of rotatable bonds is 8. The molecule has 2 unspecified atom stereocenters. The average molecular weight is 519 g/mol. The van der Waals surface area contributed by atoms with Crippen molar-refractivity contribution in [1.82, 2.24) is 25.2 Å². The van der Waals surface area contributed by atoms with Crippen LogP contribution in [0.3, 0.4) is 0 Å². The highest BCUT2D eigenvalue weighted by Crippen LogP contribution is 2.46. The minimum atomic E-state index is -4.18. The molecule has 0 saturated heterocycles. The van der Waals surface area contributed by atoms with Gasteiger partial charge in [0, 0.05) is 24.3 Å². The van der Waals surface area contributed by atoms with Gasteiger partial charge in [-0.25, -0.2) is 18.5 Å². The van der Waals surface area contributed by atoms with Crippen LogP contribution in [-0.4, -0.2) is 49.5 Å². The van der Waals surface area contributed by atoms with E-state index in [4.69, 9.17) is 4.74 Å². The molecule has 3 heterocycles. The maximum Gasteiger partial charge on any atom is 0.323 e. The second-order valence-electron chi connectivity index (χ2n) is 8.22. The Morgan fingerprint density at radius 2 is 2.05 bits per heavy atom. The summed E-state index contributed by atoms with van der Waals surface area (Å²) in [5, 5.41) is 25.1. The van der Waals surface area contributed by atoms with E-state index < -0.39 is 41.0 Å². The van der Waals surface area contributed by atoms with Gasteiger partial charge >= 0.3 is 5.92 Å². The number of benzene rings is 1. The van der Waals surface area contributed by atoms with Crippen molar-refractivity contribution in [3.05, 3.63) is 77.5 Å². The van der Waals surface area contributed by atoms with Crippen molar-refractivity contribution in [3.63, 3.8) is 0 Å². The number of ether oxygens (including phenoxy) is 1. The van der Waals surface area contributed by atoms with E-state index in [1.54, 1.807) is 6.20 Å². The molecule has 2 aromatic heterocycles. The summed E-state index contributed by atoms with van der Waals surface area (Å²) in [4.78, 5) is 12.6. The fourth-order valence-corrected chi connectivity index (χ4v) is 3.69. The molecule has 0 amide bonds. The molecule has 1 aliphatic rings. The van der Waals surface area contributed by atoms with E-state index in [2.05, 4.69) is 35.5 Å². The van der Waals surface area contributed by atoms with Crippen LogP contribution in [0.4, 0.5) is 17.6 Å². The number of oxime groups is 1. The molecule has 1 N–H and O–H groups in total. The van der Waals surface area contributed by atoms with E-state index in [1.807, 2.05) is 6.92 Å². The fraction of sp³-hybridized carbons (Fsp3) is 0.304. The third-order valence-electron chi connectivity index (χ3n) is 5.69. The summed E-state index contributed by atoms with van der Waals surface area (Å²) in [7, 11) is 1.42. The number of aliphatic hydroxyl groups is 1. The highest BCUT2D eigenvalue weighted by atomic mass is 19.3. The lowest BCUT2D eigenvalue weighted by Gasteiger charge is -2.35. The van der Waals surface area contributed by atoms with Crippen LogP contribution >= 0.6 is 0 Å². The van der Waals surface area contributed by atoms with Gasteiger partial charge in [0.25, 0.3) is 0 Å². The lowest BCUT2D eigenvalue weighted by molar-refractivity contribution is -0.207. The van der Waals surface area contributed by atoms with Gasteiger partial charge in [-0.2, -0.15) is 8.78 Å². The smallest absolute Gasteiger partial charge is 0.323 e. The largest absolute Gasteiger partial charge is 0.441 e. The second-order valence-corrected chi connectivity index (χ2v) is 8.22.